The molecule has 0 aliphatic carbocycles. The van der Waals surface area contributed by atoms with Crippen LogP contribution in [0, 0.1) is 13.8 Å². The van der Waals surface area contributed by atoms with Crippen LogP contribution in [-0.2, 0) is 4.79 Å². The second kappa shape index (κ2) is 6.47. The lowest BCUT2D eigenvalue weighted by atomic mass is 10.0. The Labute approximate surface area is 140 Å². The molecule has 1 saturated heterocycles. The number of aryl methyl sites for hydroxylation is 1. The van der Waals surface area contributed by atoms with Gasteiger partial charge in [-0.1, -0.05) is 18.2 Å². The van der Waals surface area contributed by atoms with E-state index in [0.29, 0.717) is 18.5 Å². The molecule has 0 spiro atoms. The third-order valence-corrected chi connectivity index (χ3v) is 4.63. The van der Waals surface area contributed by atoms with Crippen molar-refractivity contribution in [3.05, 3.63) is 47.3 Å². The van der Waals surface area contributed by atoms with Crippen LogP contribution in [0.25, 0.3) is 5.69 Å². The molecule has 6 heteroatoms. The van der Waals surface area contributed by atoms with Gasteiger partial charge in [-0.15, -0.1) is 0 Å². The Balaban J connectivity index is 1.94. The number of hydrogen-bond acceptors (Lipinski definition) is 3. The average molecular weight is 327 g/mol. The largest absolute Gasteiger partial charge is 0.480 e. The van der Waals surface area contributed by atoms with E-state index in [4.69, 9.17) is 0 Å². The van der Waals surface area contributed by atoms with Gasteiger partial charge in [0, 0.05) is 6.54 Å². The predicted molar refractivity (Wildman–Crippen MR) is 89.3 cm³/mol. The van der Waals surface area contributed by atoms with Crippen LogP contribution in [0.1, 0.15) is 40.9 Å². The average Bonchev–Trinajstić information content (AvgIpc) is 2.96. The van der Waals surface area contributed by atoms with Crippen LogP contribution in [0.5, 0.6) is 0 Å². The number of carbonyl (C=O) groups is 2. The Morgan fingerprint density at radius 3 is 2.67 bits per heavy atom. The number of piperidine rings is 1. The Hall–Kier alpha value is -2.63. The Morgan fingerprint density at radius 2 is 1.96 bits per heavy atom. The van der Waals surface area contributed by atoms with Crippen LogP contribution >= 0.6 is 0 Å². The summed E-state index contributed by atoms with van der Waals surface area (Å²) >= 11 is 0. The Kier molecular flexibility index (Phi) is 4.38. The summed E-state index contributed by atoms with van der Waals surface area (Å²) in [7, 11) is 0. The second-order valence-corrected chi connectivity index (χ2v) is 6.19. The lowest BCUT2D eigenvalue weighted by Crippen LogP contribution is -2.48. The molecular weight excluding hydrogens is 306 g/mol. The highest BCUT2D eigenvalue weighted by Gasteiger charge is 2.33. The molecular formula is C18H21N3O3. The first-order valence-electron chi connectivity index (χ1n) is 8.15. The molecule has 2 aromatic rings. The molecule has 0 bridgehead atoms. The van der Waals surface area contributed by atoms with Gasteiger partial charge in [-0.05, 0) is 44.7 Å². The van der Waals surface area contributed by atoms with Crippen LogP contribution in [0.4, 0.5) is 0 Å². The van der Waals surface area contributed by atoms with Crippen molar-refractivity contribution < 1.29 is 14.7 Å². The van der Waals surface area contributed by atoms with Gasteiger partial charge in [-0.25, -0.2) is 9.48 Å². The normalized spacial score (nSPS) is 17.8. The second-order valence-electron chi connectivity index (χ2n) is 6.19. The predicted octanol–water partition coefficient (Wildman–Crippen LogP) is 2.57. The summed E-state index contributed by atoms with van der Waals surface area (Å²) in [5, 5.41) is 13.7. The van der Waals surface area contributed by atoms with E-state index >= 15 is 0 Å². The van der Waals surface area contributed by atoms with Gasteiger partial charge in [-0.2, -0.15) is 5.10 Å². The summed E-state index contributed by atoms with van der Waals surface area (Å²) in [4.78, 5) is 25.8. The van der Waals surface area contributed by atoms with Crippen LogP contribution in [0.3, 0.4) is 0 Å². The Bertz CT molecular complexity index is 782. The number of amides is 1. The molecule has 1 aliphatic heterocycles. The van der Waals surface area contributed by atoms with Gasteiger partial charge < -0.3 is 10.0 Å². The number of aromatic nitrogens is 2. The summed E-state index contributed by atoms with van der Waals surface area (Å²) in [6, 6.07) is 7.07. The maximum absolute atomic E-state index is 12.9. The quantitative estimate of drug-likeness (QED) is 0.940. The number of likely N-dealkylation sites (tertiary alicyclic amines) is 1. The van der Waals surface area contributed by atoms with Crippen molar-refractivity contribution in [3.63, 3.8) is 0 Å². The minimum absolute atomic E-state index is 0.251. The smallest absolute Gasteiger partial charge is 0.326 e. The number of para-hydroxylation sites is 1. The van der Waals surface area contributed by atoms with E-state index in [9.17, 15) is 14.7 Å². The Morgan fingerprint density at radius 1 is 1.21 bits per heavy atom. The van der Waals surface area contributed by atoms with Gasteiger partial charge in [0.2, 0.25) is 0 Å². The topological polar surface area (TPSA) is 75.4 Å². The minimum Gasteiger partial charge on any atom is -0.480 e. The fourth-order valence-corrected chi connectivity index (χ4v) is 3.25. The number of carboxylic acid groups (broad SMARTS) is 1. The molecule has 1 atom stereocenters. The van der Waals surface area contributed by atoms with Crippen LogP contribution < -0.4 is 0 Å². The molecule has 126 valence electrons. The van der Waals surface area contributed by atoms with Crippen molar-refractivity contribution in [1.29, 1.82) is 0 Å². The van der Waals surface area contributed by atoms with Crippen LogP contribution in [0.15, 0.2) is 30.5 Å². The fourth-order valence-electron chi connectivity index (χ4n) is 3.25. The molecule has 1 amide bonds. The standard InChI is InChI=1S/C18H21N3O3/c1-12-7-3-4-8-15(12)21-13(2)14(11-19-21)17(22)20-10-6-5-9-16(20)18(23)24/h3-4,7-8,11,16H,5-6,9-10H2,1-2H3,(H,23,24)/t16-/m0/s1. The number of carbonyl (C=O) groups excluding carboxylic acids is 1. The molecule has 0 saturated carbocycles. The lowest BCUT2D eigenvalue weighted by molar-refractivity contribution is -0.143. The van der Waals surface area contributed by atoms with Crippen LogP contribution in [0.2, 0.25) is 0 Å². The third-order valence-electron chi connectivity index (χ3n) is 4.63. The molecule has 1 aromatic heterocycles. The van der Waals surface area contributed by atoms with Crippen molar-refractivity contribution in [2.45, 2.75) is 39.2 Å². The number of aliphatic carboxylic acids is 1. The SMILES string of the molecule is Cc1ccccc1-n1ncc(C(=O)N2CCCC[C@H]2C(=O)O)c1C. The van der Waals surface area contributed by atoms with Gasteiger partial charge in [0.25, 0.3) is 5.91 Å². The highest BCUT2D eigenvalue weighted by atomic mass is 16.4. The molecule has 0 unspecified atom stereocenters. The van der Waals surface area contributed by atoms with Crippen molar-refractivity contribution in [2.75, 3.05) is 6.54 Å². The first-order valence-corrected chi connectivity index (χ1v) is 8.15. The summed E-state index contributed by atoms with van der Waals surface area (Å²) in [5.74, 6) is -1.19. The molecule has 2 heterocycles. The highest BCUT2D eigenvalue weighted by molar-refractivity contribution is 5.97. The molecule has 3 rings (SSSR count). The van der Waals surface area contributed by atoms with Crippen molar-refractivity contribution in [1.82, 2.24) is 14.7 Å². The fraction of sp³-hybridized carbons (Fsp3) is 0.389. The summed E-state index contributed by atoms with van der Waals surface area (Å²) in [6.07, 6.45) is 3.71. The maximum Gasteiger partial charge on any atom is 0.326 e. The molecule has 1 aliphatic rings. The molecule has 6 nitrogen and oxygen atoms in total. The van der Waals surface area contributed by atoms with Crippen molar-refractivity contribution in [2.24, 2.45) is 0 Å². The van der Waals surface area contributed by atoms with E-state index in [1.54, 1.807) is 4.68 Å². The number of nitrogens with zero attached hydrogens (tertiary/aromatic N) is 3. The van der Waals surface area contributed by atoms with E-state index in [0.717, 1.165) is 29.8 Å². The van der Waals surface area contributed by atoms with Gasteiger partial charge in [0.05, 0.1) is 23.1 Å². The summed E-state index contributed by atoms with van der Waals surface area (Å²) in [5.41, 5.74) is 3.17. The van der Waals surface area contributed by atoms with Gasteiger partial charge >= 0.3 is 5.97 Å². The van der Waals surface area contributed by atoms with E-state index in [1.807, 2.05) is 38.1 Å². The molecule has 24 heavy (non-hydrogen) atoms. The van der Waals surface area contributed by atoms with E-state index < -0.39 is 12.0 Å². The van der Waals surface area contributed by atoms with Crippen LogP contribution in [-0.4, -0.2) is 44.3 Å². The number of rotatable bonds is 3. The molecule has 0 radical (unpaired) electrons. The summed E-state index contributed by atoms with van der Waals surface area (Å²) in [6.45, 7) is 4.31. The number of carboxylic acids is 1. The molecule has 1 N–H and O–H groups in total. The first kappa shape index (κ1) is 16.2. The first-order chi connectivity index (χ1) is 11.5. The van der Waals surface area contributed by atoms with E-state index in [-0.39, 0.29) is 5.91 Å². The van der Waals surface area contributed by atoms with Crippen molar-refractivity contribution >= 4 is 11.9 Å². The highest BCUT2D eigenvalue weighted by Crippen LogP contribution is 2.23. The van der Waals surface area contributed by atoms with Gasteiger partial charge in [0.1, 0.15) is 6.04 Å². The summed E-state index contributed by atoms with van der Waals surface area (Å²) < 4.78 is 1.74. The van der Waals surface area contributed by atoms with Crippen molar-refractivity contribution in [3.8, 4) is 5.69 Å². The molecule has 1 aromatic carbocycles. The zero-order chi connectivity index (χ0) is 17.3. The zero-order valence-corrected chi connectivity index (χ0v) is 13.9. The number of benzene rings is 1. The zero-order valence-electron chi connectivity index (χ0n) is 13.9. The minimum atomic E-state index is -0.938. The number of hydrogen-bond donors (Lipinski definition) is 1. The van der Waals surface area contributed by atoms with E-state index in [2.05, 4.69) is 5.10 Å². The molecule has 1 fully saturated rings. The van der Waals surface area contributed by atoms with Gasteiger partial charge in [0.15, 0.2) is 0 Å². The van der Waals surface area contributed by atoms with Gasteiger partial charge in [-0.3, -0.25) is 4.79 Å². The maximum atomic E-state index is 12.9. The lowest BCUT2D eigenvalue weighted by Gasteiger charge is -2.32. The monoisotopic (exact) mass is 327 g/mol. The van der Waals surface area contributed by atoms with E-state index in [1.165, 1.54) is 11.1 Å². The third kappa shape index (κ3) is 2.79.